The molecule has 148 valence electrons. The number of halogens is 1. The third-order valence-corrected chi connectivity index (χ3v) is 5.35. The minimum absolute atomic E-state index is 0.166. The number of aliphatic hydroxyl groups is 1. The van der Waals surface area contributed by atoms with E-state index in [-0.39, 0.29) is 23.6 Å². The van der Waals surface area contributed by atoms with Gasteiger partial charge in [0.25, 0.3) is 0 Å². The van der Waals surface area contributed by atoms with E-state index < -0.39 is 5.97 Å². The molecule has 1 atom stereocenters. The Balaban J connectivity index is 1.66. The molecule has 0 aromatic heterocycles. The Morgan fingerprint density at radius 2 is 1.61 bits per heavy atom. The molecule has 2 aromatic carbocycles. The van der Waals surface area contributed by atoms with E-state index in [9.17, 15) is 14.3 Å². The minimum Gasteiger partial charge on any atom is -0.512 e. The van der Waals surface area contributed by atoms with Crippen LogP contribution in [0.2, 0.25) is 0 Å². The van der Waals surface area contributed by atoms with Gasteiger partial charge >= 0.3 is 5.97 Å². The molecular weight excluding hydrogens is 355 g/mol. The van der Waals surface area contributed by atoms with Crippen LogP contribution in [0.4, 0.5) is 4.39 Å². The number of carbonyl (C=O) groups excluding carboxylic acids is 1. The van der Waals surface area contributed by atoms with Gasteiger partial charge in [0.2, 0.25) is 0 Å². The number of benzene rings is 2. The maximum Gasteiger partial charge on any atom is 0.337 e. The van der Waals surface area contributed by atoms with E-state index >= 15 is 0 Å². The number of hydrogen-bond acceptors (Lipinski definition) is 3. The molecule has 3 rings (SSSR count). The second-order valence-electron chi connectivity index (χ2n) is 7.71. The van der Waals surface area contributed by atoms with Gasteiger partial charge in [-0.25, -0.2) is 9.18 Å². The van der Waals surface area contributed by atoms with Gasteiger partial charge < -0.3 is 9.84 Å². The van der Waals surface area contributed by atoms with Gasteiger partial charge in [-0.3, -0.25) is 0 Å². The lowest BCUT2D eigenvalue weighted by molar-refractivity contribution is -0.149. The third kappa shape index (κ3) is 5.00. The van der Waals surface area contributed by atoms with Crippen LogP contribution in [-0.2, 0) is 28.8 Å². The zero-order valence-electron chi connectivity index (χ0n) is 16.5. The third-order valence-electron chi connectivity index (χ3n) is 5.35. The molecule has 0 saturated heterocycles. The molecule has 0 saturated carbocycles. The van der Waals surface area contributed by atoms with E-state index in [1.165, 1.54) is 17.7 Å². The Morgan fingerprint density at radius 1 is 1.00 bits per heavy atom. The summed E-state index contributed by atoms with van der Waals surface area (Å²) in [6.45, 7) is 3.96. The van der Waals surface area contributed by atoms with Gasteiger partial charge in [-0.1, -0.05) is 50.2 Å². The highest BCUT2D eigenvalue weighted by molar-refractivity contribution is 5.90. The second-order valence-corrected chi connectivity index (χ2v) is 7.71. The van der Waals surface area contributed by atoms with Crippen LogP contribution in [0, 0.1) is 11.7 Å². The minimum atomic E-state index is -0.397. The molecule has 0 radical (unpaired) electrons. The SMILES string of the molecule is CC(C)C1CC(O)=C(CCc2ccccc2CCc2ccc(F)cc2)C(=O)O1. The highest BCUT2D eigenvalue weighted by Gasteiger charge is 2.30. The Hall–Kier alpha value is -2.62. The quantitative estimate of drug-likeness (QED) is 0.659. The monoisotopic (exact) mass is 382 g/mol. The molecule has 0 fully saturated rings. The maximum atomic E-state index is 13.1. The smallest absolute Gasteiger partial charge is 0.337 e. The standard InChI is InChI=1S/C24H27FO3/c1-16(2)23-15-22(26)21(24(27)28-23)14-11-19-6-4-3-5-18(19)10-7-17-8-12-20(25)13-9-17/h3-6,8-9,12-13,16,23,26H,7,10-11,14-15H2,1-2H3. The van der Waals surface area contributed by atoms with Crippen LogP contribution in [-0.4, -0.2) is 17.2 Å². The van der Waals surface area contributed by atoms with Crippen LogP contribution in [0.5, 0.6) is 0 Å². The van der Waals surface area contributed by atoms with Crippen molar-refractivity contribution in [3.05, 3.63) is 82.4 Å². The lowest BCUT2D eigenvalue weighted by Crippen LogP contribution is -2.30. The molecular formula is C24H27FO3. The van der Waals surface area contributed by atoms with Crippen LogP contribution >= 0.6 is 0 Å². The Bertz CT molecular complexity index is 852. The molecule has 1 heterocycles. The van der Waals surface area contributed by atoms with Crippen molar-refractivity contribution in [1.29, 1.82) is 0 Å². The fourth-order valence-corrected chi connectivity index (χ4v) is 3.54. The summed E-state index contributed by atoms with van der Waals surface area (Å²) < 4.78 is 18.5. The average molecular weight is 382 g/mol. The number of carbonyl (C=O) groups is 1. The molecule has 4 heteroatoms. The van der Waals surface area contributed by atoms with Crippen molar-refractivity contribution in [2.45, 2.75) is 52.1 Å². The van der Waals surface area contributed by atoms with Crippen LogP contribution in [0.1, 0.15) is 43.4 Å². The number of rotatable bonds is 7. The number of aryl methyl sites for hydroxylation is 3. The van der Waals surface area contributed by atoms with Crippen molar-refractivity contribution in [2.24, 2.45) is 5.92 Å². The van der Waals surface area contributed by atoms with E-state index in [1.807, 2.05) is 38.1 Å². The van der Waals surface area contributed by atoms with Gasteiger partial charge in [-0.15, -0.1) is 0 Å². The van der Waals surface area contributed by atoms with Gasteiger partial charge in [0.05, 0.1) is 5.57 Å². The Kier molecular flexibility index (Phi) is 6.50. The van der Waals surface area contributed by atoms with Crippen molar-refractivity contribution < 1.29 is 19.0 Å². The lowest BCUT2D eigenvalue weighted by Gasteiger charge is -2.27. The molecule has 0 amide bonds. The van der Waals surface area contributed by atoms with E-state index in [2.05, 4.69) is 12.1 Å². The first-order chi connectivity index (χ1) is 13.4. The number of hydrogen-bond donors (Lipinski definition) is 1. The fraction of sp³-hybridized carbons (Fsp3) is 0.375. The summed E-state index contributed by atoms with van der Waals surface area (Å²) in [6.07, 6.45) is 2.93. The van der Waals surface area contributed by atoms with Crippen molar-refractivity contribution >= 4 is 5.97 Å². The van der Waals surface area contributed by atoms with Crippen molar-refractivity contribution in [1.82, 2.24) is 0 Å². The molecule has 2 aromatic rings. The molecule has 0 spiro atoms. The summed E-state index contributed by atoms with van der Waals surface area (Å²) in [5.41, 5.74) is 3.84. The van der Waals surface area contributed by atoms with E-state index in [0.29, 0.717) is 24.8 Å². The van der Waals surface area contributed by atoms with Gasteiger partial charge in [-0.05, 0) is 60.4 Å². The fourth-order valence-electron chi connectivity index (χ4n) is 3.54. The van der Waals surface area contributed by atoms with Crippen LogP contribution in [0.15, 0.2) is 59.9 Å². The predicted octanol–water partition coefficient (Wildman–Crippen LogP) is 5.33. The summed E-state index contributed by atoms with van der Waals surface area (Å²) in [4.78, 5) is 12.3. The van der Waals surface area contributed by atoms with Crippen molar-refractivity contribution in [3.8, 4) is 0 Å². The molecule has 3 nitrogen and oxygen atoms in total. The predicted molar refractivity (Wildman–Crippen MR) is 108 cm³/mol. The van der Waals surface area contributed by atoms with Crippen LogP contribution < -0.4 is 0 Å². The molecule has 1 aliphatic heterocycles. The Morgan fingerprint density at radius 3 is 2.18 bits per heavy atom. The van der Waals surface area contributed by atoms with Gasteiger partial charge in [-0.2, -0.15) is 0 Å². The first-order valence-electron chi connectivity index (χ1n) is 9.87. The van der Waals surface area contributed by atoms with E-state index in [0.717, 1.165) is 24.0 Å². The number of esters is 1. The van der Waals surface area contributed by atoms with E-state index in [1.54, 1.807) is 0 Å². The number of cyclic esters (lactones) is 1. The lowest BCUT2D eigenvalue weighted by atomic mass is 9.93. The van der Waals surface area contributed by atoms with Gasteiger partial charge in [0, 0.05) is 6.42 Å². The highest BCUT2D eigenvalue weighted by atomic mass is 19.1. The molecule has 28 heavy (non-hydrogen) atoms. The summed E-state index contributed by atoms with van der Waals surface area (Å²) in [5.74, 6) is -0.277. The first kappa shape index (κ1) is 20.1. The highest BCUT2D eigenvalue weighted by Crippen LogP contribution is 2.27. The molecule has 1 N–H and O–H groups in total. The maximum absolute atomic E-state index is 13.1. The average Bonchev–Trinajstić information content (AvgIpc) is 2.67. The number of ether oxygens (including phenoxy) is 1. The number of aliphatic hydroxyl groups excluding tert-OH is 1. The first-order valence-corrected chi connectivity index (χ1v) is 9.87. The summed E-state index contributed by atoms with van der Waals surface area (Å²) >= 11 is 0. The molecule has 0 bridgehead atoms. The molecule has 1 aliphatic rings. The summed E-state index contributed by atoms with van der Waals surface area (Å²) in [6, 6.07) is 14.7. The molecule has 0 aliphatic carbocycles. The van der Waals surface area contributed by atoms with Crippen molar-refractivity contribution in [2.75, 3.05) is 0 Å². The van der Waals surface area contributed by atoms with Crippen LogP contribution in [0.3, 0.4) is 0 Å². The molecule has 1 unspecified atom stereocenters. The van der Waals surface area contributed by atoms with Gasteiger partial charge in [0.1, 0.15) is 17.7 Å². The topological polar surface area (TPSA) is 46.5 Å². The second kappa shape index (κ2) is 9.05. The summed E-state index contributed by atoms with van der Waals surface area (Å²) in [7, 11) is 0. The Labute approximate surface area is 165 Å². The largest absolute Gasteiger partial charge is 0.512 e. The van der Waals surface area contributed by atoms with Gasteiger partial charge in [0.15, 0.2) is 0 Å². The normalized spacial score (nSPS) is 17.1. The van der Waals surface area contributed by atoms with E-state index in [4.69, 9.17) is 4.74 Å². The zero-order chi connectivity index (χ0) is 20.1. The van der Waals surface area contributed by atoms with Crippen molar-refractivity contribution in [3.63, 3.8) is 0 Å². The van der Waals surface area contributed by atoms with Crippen LogP contribution in [0.25, 0.3) is 0 Å². The summed E-state index contributed by atoms with van der Waals surface area (Å²) in [5, 5.41) is 10.3. The zero-order valence-corrected chi connectivity index (χ0v) is 16.5.